The first kappa shape index (κ1) is 15.0. The zero-order valence-corrected chi connectivity index (χ0v) is 13.1. The summed E-state index contributed by atoms with van der Waals surface area (Å²) < 4.78 is 19.2. The molecule has 3 aromatic rings. The lowest BCUT2D eigenvalue weighted by molar-refractivity contribution is 0.305. The molecule has 6 heteroatoms. The van der Waals surface area contributed by atoms with Crippen LogP contribution >= 0.6 is 0 Å². The van der Waals surface area contributed by atoms with Gasteiger partial charge in [0.2, 0.25) is 11.7 Å². The van der Waals surface area contributed by atoms with Crippen molar-refractivity contribution in [2.24, 2.45) is 0 Å². The van der Waals surface area contributed by atoms with E-state index in [0.717, 1.165) is 30.6 Å². The number of benzene rings is 1. The average molecular weight is 324 g/mol. The van der Waals surface area contributed by atoms with Gasteiger partial charge in [-0.3, -0.25) is 9.88 Å². The summed E-state index contributed by atoms with van der Waals surface area (Å²) in [5.41, 5.74) is 1.61. The van der Waals surface area contributed by atoms with Gasteiger partial charge in [-0.25, -0.2) is 4.39 Å². The quantitative estimate of drug-likeness (QED) is 0.737. The molecule has 0 spiro atoms. The van der Waals surface area contributed by atoms with Gasteiger partial charge < -0.3 is 4.52 Å². The van der Waals surface area contributed by atoms with E-state index in [9.17, 15) is 4.39 Å². The number of likely N-dealkylation sites (tertiary alicyclic amines) is 1. The van der Waals surface area contributed by atoms with E-state index in [1.165, 1.54) is 6.07 Å². The third kappa shape index (κ3) is 3.05. The molecule has 1 atom stereocenters. The highest BCUT2D eigenvalue weighted by molar-refractivity contribution is 5.52. The Labute approximate surface area is 139 Å². The standard InChI is InChI=1S/C18H17FN4O/c19-16-4-2-1-3-14(16)11-23-10-7-15(12-23)18-21-17(22-24-18)13-5-8-20-9-6-13/h1-6,8-9,15H,7,10-12H2. The Hall–Kier alpha value is -2.60. The Morgan fingerprint density at radius 3 is 2.83 bits per heavy atom. The molecule has 1 fully saturated rings. The minimum Gasteiger partial charge on any atom is -0.339 e. The van der Waals surface area contributed by atoms with Crippen LogP contribution < -0.4 is 0 Å². The second-order valence-corrected chi connectivity index (χ2v) is 6.00. The monoisotopic (exact) mass is 324 g/mol. The summed E-state index contributed by atoms with van der Waals surface area (Å²) >= 11 is 0. The van der Waals surface area contributed by atoms with E-state index < -0.39 is 0 Å². The summed E-state index contributed by atoms with van der Waals surface area (Å²) in [6.07, 6.45) is 4.35. The molecule has 0 saturated carbocycles. The molecule has 0 N–H and O–H groups in total. The highest BCUT2D eigenvalue weighted by atomic mass is 19.1. The first-order valence-electron chi connectivity index (χ1n) is 7.99. The number of hydrogen-bond acceptors (Lipinski definition) is 5. The van der Waals surface area contributed by atoms with Gasteiger partial charge in [0.05, 0.1) is 5.92 Å². The molecular weight excluding hydrogens is 307 g/mol. The second-order valence-electron chi connectivity index (χ2n) is 6.00. The lowest BCUT2D eigenvalue weighted by Gasteiger charge is -2.15. The van der Waals surface area contributed by atoms with Gasteiger partial charge in [-0.15, -0.1) is 0 Å². The average Bonchev–Trinajstić information content (AvgIpc) is 3.27. The Balaban J connectivity index is 1.44. The zero-order chi connectivity index (χ0) is 16.4. The molecule has 4 rings (SSSR count). The second kappa shape index (κ2) is 6.49. The summed E-state index contributed by atoms with van der Waals surface area (Å²) in [5, 5.41) is 4.06. The Kier molecular flexibility index (Phi) is 4.04. The molecule has 0 aliphatic carbocycles. The van der Waals surface area contributed by atoms with E-state index in [1.807, 2.05) is 24.3 Å². The molecule has 2 aromatic heterocycles. The molecule has 1 unspecified atom stereocenters. The van der Waals surface area contributed by atoms with Crippen molar-refractivity contribution in [3.63, 3.8) is 0 Å². The topological polar surface area (TPSA) is 55.1 Å². The maximum Gasteiger partial charge on any atom is 0.231 e. The van der Waals surface area contributed by atoms with Crippen LogP contribution in [0.1, 0.15) is 23.8 Å². The lowest BCUT2D eigenvalue weighted by Crippen LogP contribution is -2.20. The van der Waals surface area contributed by atoms with Crippen molar-refractivity contribution in [2.45, 2.75) is 18.9 Å². The van der Waals surface area contributed by atoms with Crippen LogP contribution in [-0.4, -0.2) is 33.1 Å². The third-order valence-corrected chi connectivity index (χ3v) is 4.35. The summed E-state index contributed by atoms with van der Waals surface area (Å²) in [6.45, 7) is 2.30. The van der Waals surface area contributed by atoms with Crippen molar-refractivity contribution in [3.05, 3.63) is 66.1 Å². The van der Waals surface area contributed by atoms with Crippen LogP contribution in [0.25, 0.3) is 11.4 Å². The lowest BCUT2D eigenvalue weighted by atomic mass is 10.1. The van der Waals surface area contributed by atoms with Gasteiger partial charge >= 0.3 is 0 Å². The first-order chi connectivity index (χ1) is 11.8. The fraction of sp³-hybridized carbons (Fsp3) is 0.278. The Bertz CT molecular complexity index is 821. The fourth-order valence-corrected chi connectivity index (χ4v) is 3.06. The van der Waals surface area contributed by atoms with Gasteiger partial charge in [0.25, 0.3) is 0 Å². The molecule has 1 aromatic carbocycles. The van der Waals surface area contributed by atoms with Crippen LogP contribution in [0, 0.1) is 5.82 Å². The van der Waals surface area contributed by atoms with Gasteiger partial charge in [-0.2, -0.15) is 4.98 Å². The fourth-order valence-electron chi connectivity index (χ4n) is 3.06. The minimum absolute atomic E-state index is 0.154. The Morgan fingerprint density at radius 1 is 1.17 bits per heavy atom. The summed E-state index contributed by atoms with van der Waals surface area (Å²) in [5.74, 6) is 1.27. The molecule has 1 aliphatic heterocycles. The molecule has 0 bridgehead atoms. The molecule has 1 aliphatic rings. The maximum atomic E-state index is 13.8. The van der Waals surface area contributed by atoms with Crippen LogP contribution in [0.3, 0.4) is 0 Å². The Morgan fingerprint density at radius 2 is 2.00 bits per heavy atom. The van der Waals surface area contributed by atoms with Gasteiger partial charge in [0, 0.05) is 36.6 Å². The third-order valence-electron chi connectivity index (χ3n) is 4.35. The van der Waals surface area contributed by atoms with E-state index in [1.54, 1.807) is 18.5 Å². The van der Waals surface area contributed by atoms with Gasteiger partial charge in [-0.05, 0) is 31.2 Å². The molecule has 0 radical (unpaired) electrons. The summed E-state index contributed by atoms with van der Waals surface area (Å²) in [4.78, 5) is 10.7. The van der Waals surface area contributed by atoms with E-state index in [-0.39, 0.29) is 11.7 Å². The largest absolute Gasteiger partial charge is 0.339 e. The predicted octanol–water partition coefficient (Wildman–Crippen LogP) is 3.26. The van der Waals surface area contributed by atoms with Crippen LogP contribution in [0.5, 0.6) is 0 Å². The molecule has 122 valence electrons. The number of aromatic nitrogens is 3. The zero-order valence-electron chi connectivity index (χ0n) is 13.1. The van der Waals surface area contributed by atoms with Gasteiger partial charge in [0.1, 0.15) is 5.82 Å². The number of hydrogen-bond donors (Lipinski definition) is 0. The van der Waals surface area contributed by atoms with Crippen molar-refractivity contribution < 1.29 is 8.91 Å². The van der Waals surface area contributed by atoms with E-state index >= 15 is 0 Å². The number of halogens is 1. The predicted molar refractivity (Wildman–Crippen MR) is 86.6 cm³/mol. The molecule has 5 nitrogen and oxygen atoms in total. The normalized spacial score (nSPS) is 18.1. The van der Waals surface area contributed by atoms with Crippen LogP contribution in [0.4, 0.5) is 4.39 Å². The molecule has 0 amide bonds. The van der Waals surface area contributed by atoms with E-state index in [0.29, 0.717) is 18.3 Å². The smallest absolute Gasteiger partial charge is 0.231 e. The maximum absolute atomic E-state index is 13.8. The van der Waals surface area contributed by atoms with E-state index in [2.05, 4.69) is 20.0 Å². The van der Waals surface area contributed by atoms with Crippen molar-refractivity contribution in [1.82, 2.24) is 20.0 Å². The number of pyridine rings is 1. The minimum atomic E-state index is -0.154. The van der Waals surface area contributed by atoms with Gasteiger partial charge in [0.15, 0.2) is 0 Å². The molecule has 1 saturated heterocycles. The molecule has 24 heavy (non-hydrogen) atoms. The first-order valence-corrected chi connectivity index (χ1v) is 7.99. The molecule has 3 heterocycles. The summed E-state index contributed by atoms with van der Waals surface area (Å²) in [6, 6.07) is 10.6. The van der Waals surface area contributed by atoms with E-state index in [4.69, 9.17) is 4.52 Å². The van der Waals surface area contributed by atoms with Crippen molar-refractivity contribution >= 4 is 0 Å². The number of nitrogens with zero attached hydrogens (tertiary/aromatic N) is 4. The summed E-state index contributed by atoms with van der Waals surface area (Å²) in [7, 11) is 0. The number of rotatable bonds is 4. The van der Waals surface area contributed by atoms with Crippen molar-refractivity contribution in [2.75, 3.05) is 13.1 Å². The van der Waals surface area contributed by atoms with Crippen molar-refractivity contribution in [1.29, 1.82) is 0 Å². The SMILES string of the molecule is Fc1ccccc1CN1CCC(c2nc(-c3ccncc3)no2)C1. The highest BCUT2D eigenvalue weighted by Crippen LogP contribution is 2.28. The molecular formula is C18H17FN4O. The van der Waals surface area contributed by atoms with Crippen LogP contribution in [0.2, 0.25) is 0 Å². The van der Waals surface area contributed by atoms with Gasteiger partial charge in [-0.1, -0.05) is 23.4 Å². The van der Waals surface area contributed by atoms with Crippen LogP contribution in [-0.2, 0) is 6.54 Å². The van der Waals surface area contributed by atoms with Crippen molar-refractivity contribution in [3.8, 4) is 11.4 Å². The van der Waals surface area contributed by atoms with Crippen LogP contribution in [0.15, 0.2) is 53.3 Å². The highest BCUT2D eigenvalue weighted by Gasteiger charge is 2.28.